The molecule has 0 aliphatic carbocycles. The van der Waals surface area contributed by atoms with E-state index in [4.69, 9.17) is 52.0 Å². The molecular formula is C23H17Cl3N4OS. The average molecular weight is 504 g/mol. The van der Waals surface area contributed by atoms with Crippen LogP contribution < -0.4 is 15.5 Å². The fourth-order valence-corrected chi connectivity index (χ4v) is 4.03. The van der Waals surface area contributed by atoms with Crippen LogP contribution in [0.3, 0.4) is 0 Å². The Bertz CT molecular complexity index is 1230. The Labute approximate surface area is 206 Å². The highest BCUT2D eigenvalue weighted by Crippen LogP contribution is 2.30. The molecule has 0 bridgehead atoms. The van der Waals surface area contributed by atoms with Crippen molar-refractivity contribution in [2.24, 2.45) is 4.99 Å². The summed E-state index contributed by atoms with van der Waals surface area (Å²) in [5, 5.41) is 7.61. The van der Waals surface area contributed by atoms with E-state index in [-0.39, 0.29) is 11.0 Å². The molecule has 3 aromatic carbocycles. The van der Waals surface area contributed by atoms with E-state index in [9.17, 15) is 4.79 Å². The van der Waals surface area contributed by atoms with Gasteiger partial charge in [0.05, 0.1) is 21.4 Å². The number of carbonyl (C=O) groups is 1. The van der Waals surface area contributed by atoms with Crippen LogP contribution in [-0.4, -0.2) is 29.9 Å². The van der Waals surface area contributed by atoms with Gasteiger partial charge >= 0.3 is 0 Å². The molecule has 2 N–H and O–H groups in total. The van der Waals surface area contributed by atoms with E-state index >= 15 is 0 Å². The monoisotopic (exact) mass is 502 g/mol. The van der Waals surface area contributed by atoms with E-state index in [0.717, 1.165) is 11.1 Å². The third kappa shape index (κ3) is 4.74. The van der Waals surface area contributed by atoms with E-state index < -0.39 is 6.17 Å². The standard InChI is InChI=1S/C23H17Cl3N4OS/c1-30-19-10-7-14(24)11-16(19)20(13-5-3-2-4-6-13)28-21(22(30)31)29-23(32)27-15-8-9-17(25)18(26)12-15/h2-12,21H,1H3,(H2,27,29,32). The molecule has 9 heteroatoms. The Morgan fingerprint density at radius 3 is 2.47 bits per heavy atom. The van der Waals surface area contributed by atoms with Gasteiger partial charge < -0.3 is 15.5 Å². The van der Waals surface area contributed by atoms with Crippen LogP contribution in [0.25, 0.3) is 0 Å². The molecule has 162 valence electrons. The fourth-order valence-electron chi connectivity index (χ4n) is 3.33. The molecule has 3 aromatic rings. The number of hydrogen-bond acceptors (Lipinski definition) is 3. The summed E-state index contributed by atoms with van der Waals surface area (Å²) in [6, 6.07) is 20.0. The van der Waals surface area contributed by atoms with Crippen molar-refractivity contribution < 1.29 is 4.79 Å². The lowest BCUT2D eigenvalue weighted by molar-refractivity contribution is -0.119. The first-order valence-corrected chi connectivity index (χ1v) is 11.1. The zero-order valence-electron chi connectivity index (χ0n) is 16.8. The lowest BCUT2D eigenvalue weighted by Gasteiger charge is -2.22. The van der Waals surface area contributed by atoms with Crippen LogP contribution in [0.15, 0.2) is 71.7 Å². The zero-order valence-corrected chi connectivity index (χ0v) is 19.9. The smallest absolute Gasteiger partial charge is 0.272 e. The van der Waals surface area contributed by atoms with Gasteiger partial charge in [-0.1, -0.05) is 65.1 Å². The van der Waals surface area contributed by atoms with E-state index in [2.05, 4.69) is 10.6 Å². The van der Waals surface area contributed by atoms with Gasteiger partial charge in [0.25, 0.3) is 5.91 Å². The Morgan fingerprint density at radius 2 is 1.75 bits per heavy atom. The van der Waals surface area contributed by atoms with Crippen LogP contribution in [0.4, 0.5) is 11.4 Å². The van der Waals surface area contributed by atoms with Crippen LogP contribution >= 0.6 is 47.0 Å². The number of benzene rings is 3. The Hall–Kier alpha value is -2.64. The molecule has 0 saturated carbocycles. The maximum absolute atomic E-state index is 13.3. The quantitative estimate of drug-likeness (QED) is 0.445. The number of anilines is 2. The van der Waals surface area contributed by atoms with Crippen molar-refractivity contribution in [3.05, 3.63) is 92.9 Å². The van der Waals surface area contributed by atoms with Crippen molar-refractivity contribution in [1.82, 2.24) is 5.32 Å². The van der Waals surface area contributed by atoms with Gasteiger partial charge in [0.2, 0.25) is 6.17 Å². The van der Waals surface area contributed by atoms with Crippen molar-refractivity contribution >= 4 is 75.1 Å². The van der Waals surface area contributed by atoms with E-state index in [0.29, 0.717) is 32.2 Å². The highest BCUT2D eigenvalue weighted by molar-refractivity contribution is 7.80. The van der Waals surface area contributed by atoms with Crippen LogP contribution in [0.1, 0.15) is 11.1 Å². The molecule has 0 aromatic heterocycles. The summed E-state index contributed by atoms with van der Waals surface area (Å²) < 4.78 is 0. The Balaban J connectivity index is 1.70. The number of amides is 1. The molecule has 0 fully saturated rings. The minimum atomic E-state index is -0.954. The molecule has 0 spiro atoms. The number of nitrogens with one attached hydrogen (secondary N) is 2. The minimum Gasteiger partial charge on any atom is -0.333 e. The van der Waals surface area contributed by atoms with Gasteiger partial charge in [-0.05, 0) is 48.6 Å². The molecule has 1 amide bonds. The van der Waals surface area contributed by atoms with Crippen molar-refractivity contribution in [3.63, 3.8) is 0 Å². The molecule has 0 saturated heterocycles. The summed E-state index contributed by atoms with van der Waals surface area (Å²) in [5.74, 6) is -0.266. The van der Waals surface area contributed by atoms with Crippen LogP contribution in [-0.2, 0) is 4.79 Å². The molecule has 1 atom stereocenters. The zero-order chi connectivity index (χ0) is 22.8. The highest BCUT2D eigenvalue weighted by atomic mass is 35.5. The van der Waals surface area contributed by atoms with Gasteiger partial charge in [0.15, 0.2) is 5.11 Å². The Morgan fingerprint density at radius 1 is 1.00 bits per heavy atom. The highest BCUT2D eigenvalue weighted by Gasteiger charge is 2.30. The molecule has 32 heavy (non-hydrogen) atoms. The lowest BCUT2D eigenvalue weighted by atomic mass is 10.0. The van der Waals surface area contributed by atoms with Gasteiger partial charge in [0.1, 0.15) is 0 Å². The summed E-state index contributed by atoms with van der Waals surface area (Å²) in [6.07, 6.45) is -0.954. The number of thiocarbonyl (C=S) groups is 1. The molecule has 1 aliphatic rings. The Kier molecular flexibility index (Phi) is 6.67. The summed E-state index contributed by atoms with van der Waals surface area (Å²) in [4.78, 5) is 19.6. The van der Waals surface area contributed by atoms with Crippen molar-refractivity contribution in [2.45, 2.75) is 6.17 Å². The van der Waals surface area contributed by atoms with Crippen LogP contribution in [0.5, 0.6) is 0 Å². The largest absolute Gasteiger partial charge is 0.333 e. The summed E-state index contributed by atoms with van der Waals surface area (Å²) in [7, 11) is 1.70. The predicted octanol–water partition coefficient (Wildman–Crippen LogP) is 5.77. The minimum absolute atomic E-state index is 0.218. The van der Waals surface area contributed by atoms with Gasteiger partial charge in [-0.25, -0.2) is 4.99 Å². The van der Waals surface area contributed by atoms with E-state index in [1.54, 1.807) is 42.3 Å². The van der Waals surface area contributed by atoms with Crippen molar-refractivity contribution in [2.75, 3.05) is 17.3 Å². The van der Waals surface area contributed by atoms with E-state index in [1.165, 1.54) is 0 Å². The van der Waals surface area contributed by atoms with Crippen molar-refractivity contribution in [3.8, 4) is 0 Å². The van der Waals surface area contributed by atoms with Crippen molar-refractivity contribution in [1.29, 1.82) is 0 Å². The number of likely N-dealkylation sites (N-methyl/N-ethyl adjacent to an activating group) is 1. The number of halogens is 3. The summed E-state index contributed by atoms with van der Waals surface area (Å²) in [6.45, 7) is 0. The third-order valence-corrected chi connectivity index (χ3v) is 6.08. The second kappa shape index (κ2) is 9.46. The summed E-state index contributed by atoms with van der Waals surface area (Å²) in [5.41, 5.74) is 3.58. The normalized spacial score (nSPS) is 15.5. The molecule has 0 radical (unpaired) electrons. The number of rotatable bonds is 3. The SMILES string of the molecule is CN1C(=O)C(NC(=S)Nc2ccc(Cl)c(Cl)c2)N=C(c2ccccc2)c2cc(Cl)ccc21. The van der Waals surface area contributed by atoms with Gasteiger partial charge in [-0.3, -0.25) is 4.79 Å². The number of carbonyl (C=O) groups excluding carboxylic acids is 1. The van der Waals surface area contributed by atoms with E-state index in [1.807, 2.05) is 36.4 Å². The average Bonchev–Trinajstić information content (AvgIpc) is 2.87. The third-order valence-electron chi connectivity index (χ3n) is 4.89. The van der Waals surface area contributed by atoms with Gasteiger partial charge in [0, 0.05) is 28.9 Å². The maximum Gasteiger partial charge on any atom is 0.272 e. The molecule has 1 heterocycles. The predicted molar refractivity (Wildman–Crippen MR) is 137 cm³/mol. The fraction of sp³-hybridized carbons (Fsp3) is 0.0870. The van der Waals surface area contributed by atoms with Crippen LogP contribution in [0.2, 0.25) is 15.1 Å². The summed E-state index contributed by atoms with van der Waals surface area (Å²) >= 11 is 23.8. The number of aliphatic imine (C=N–C) groups is 1. The maximum atomic E-state index is 13.3. The molecular weight excluding hydrogens is 487 g/mol. The molecule has 4 rings (SSSR count). The molecule has 5 nitrogen and oxygen atoms in total. The first kappa shape index (κ1) is 22.6. The first-order chi connectivity index (χ1) is 15.3. The lowest BCUT2D eigenvalue weighted by Crippen LogP contribution is -2.47. The van der Waals surface area contributed by atoms with Gasteiger partial charge in [-0.2, -0.15) is 0 Å². The van der Waals surface area contributed by atoms with Crippen LogP contribution in [0, 0.1) is 0 Å². The second-order valence-electron chi connectivity index (χ2n) is 7.03. The number of benzodiazepines with no additional fused rings is 1. The van der Waals surface area contributed by atoms with Gasteiger partial charge in [-0.15, -0.1) is 0 Å². The number of nitrogens with zero attached hydrogens (tertiary/aromatic N) is 2. The number of hydrogen-bond donors (Lipinski definition) is 2. The number of fused-ring (bicyclic) bond motifs is 1. The first-order valence-electron chi connectivity index (χ1n) is 9.57. The second-order valence-corrected chi connectivity index (χ2v) is 8.69. The molecule has 1 aliphatic heterocycles. The molecule has 1 unspecified atom stereocenters. The topological polar surface area (TPSA) is 56.7 Å².